The van der Waals surface area contributed by atoms with E-state index in [-0.39, 0.29) is 35.9 Å². The molecule has 5 rings (SSSR count). The minimum absolute atomic E-state index is 0.00121. The smallest absolute Gasteiger partial charge is 0.433 e. The molecule has 0 aromatic heterocycles. The lowest BCUT2D eigenvalue weighted by Gasteiger charge is -2.59. The number of ether oxygens (including phenoxy) is 4. The molecule has 10 heteroatoms. The molecule has 0 aromatic rings. The Balaban J connectivity index is 1.41. The van der Waals surface area contributed by atoms with E-state index in [1.54, 1.807) is 33.7 Å². The number of rotatable bonds is 9. The van der Waals surface area contributed by atoms with E-state index in [4.69, 9.17) is 18.9 Å². The third-order valence-corrected chi connectivity index (χ3v) is 11.8. The number of aliphatic hydroxyl groups excluding tert-OH is 1. The zero-order valence-corrected chi connectivity index (χ0v) is 24.8. The molecule has 8 nitrogen and oxygen atoms in total. The van der Waals surface area contributed by atoms with Gasteiger partial charge in [0.1, 0.15) is 6.61 Å². The van der Waals surface area contributed by atoms with E-state index < -0.39 is 47.7 Å². The molecule has 1 unspecified atom stereocenters. The number of carbonyl (C=O) groups excluding carboxylic acids is 3. The summed E-state index contributed by atoms with van der Waals surface area (Å²) >= 11 is 0. The normalized spacial score (nSPS) is 42.2. The van der Waals surface area contributed by atoms with Crippen molar-refractivity contribution in [3.8, 4) is 0 Å². The maximum absolute atomic E-state index is 14.0. The van der Waals surface area contributed by atoms with Crippen molar-refractivity contribution in [2.75, 3.05) is 25.2 Å². The number of ketones is 2. The van der Waals surface area contributed by atoms with Gasteiger partial charge in [0.2, 0.25) is 5.78 Å². The molecular formula is C29H40O8S2. The lowest BCUT2D eigenvalue weighted by molar-refractivity contribution is -0.200. The Kier molecular flexibility index (Phi) is 8.34. The second kappa shape index (κ2) is 11.2. The van der Waals surface area contributed by atoms with Gasteiger partial charge in [0.05, 0.1) is 12.2 Å². The molecule has 1 heterocycles. The van der Waals surface area contributed by atoms with E-state index in [2.05, 4.69) is 13.8 Å². The molecule has 1 saturated heterocycles. The molecular weight excluding hydrogens is 540 g/mol. The lowest BCUT2D eigenvalue weighted by atomic mass is 9.46. The van der Waals surface area contributed by atoms with Crippen LogP contribution in [0.2, 0.25) is 0 Å². The molecule has 216 valence electrons. The van der Waals surface area contributed by atoms with E-state index in [0.717, 1.165) is 24.8 Å². The zero-order chi connectivity index (χ0) is 28.0. The van der Waals surface area contributed by atoms with Crippen LogP contribution in [0.1, 0.15) is 59.3 Å². The van der Waals surface area contributed by atoms with Crippen molar-refractivity contribution in [2.24, 2.45) is 28.6 Å². The van der Waals surface area contributed by atoms with Crippen LogP contribution in [0.3, 0.4) is 0 Å². The van der Waals surface area contributed by atoms with Gasteiger partial charge in [0.25, 0.3) is 0 Å². The molecule has 0 aromatic carbocycles. The van der Waals surface area contributed by atoms with Gasteiger partial charge in [0.15, 0.2) is 24.3 Å². The van der Waals surface area contributed by atoms with Crippen molar-refractivity contribution in [3.63, 3.8) is 0 Å². The highest BCUT2D eigenvalue weighted by atomic mass is 33.1. The van der Waals surface area contributed by atoms with Gasteiger partial charge in [-0.3, -0.25) is 9.59 Å². The van der Waals surface area contributed by atoms with Gasteiger partial charge in [0, 0.05) is 22.5 Å². The first-order chi connectivity index (χ1) is 18.6. The predicted octanol–water partition coefficient (Wildman–Crippen LogP) is 4.89. The van der Waals surface area contributed by atoms with Gasteiger partial charge in [-0.25, -0.2) is 4.79 Å². The number of Topliss-reactive ketones (excluding diaryl/α,β-unsaturated/α-hetero) is 1. The molecule has 0 amide bonds. The molecule has 1 aliphatic heterocycles. The molecule has 39 heavy (non-hydrogen) atoms. The highest BCUT2D eigenvalue weighted by Gasteiger charge is 2.75. The van der Waals surface area contributed by atoms with Crippen LogP contribution in [0.5, 0.6) is 0 Å². The zero-order valence-electron chi connectivity index (χ0n) is 23.2. The van der Waals surface area contributed by atoms with E-state index >= 15 is 0 Å². The number of hydrogen-bond acceptors (Lipinski definition) is 10. The number of hydrogen-bond donors (Lipinski definition) is 1. The maximum atomic E-state index is 14.0. The molecule has 9 atom stereocenters. The van der Waals surface area contributed by atoms with Crippen LogP contribution >= 0.6 is 21.6 Å². The summed E-state index contributed by atoms with van der Waals surface area (Å²) < 4.78 is 23.4. The Morgan fingerprint density at radius 2 is 2.05 bits per heavy atom. The molecule has 1 N–H and O–H groups in total. The molecule has 5 aliphatic rings. The number of aliphatic hydroxyl groups is 1. The largest absolute Gasteiger partial charge is 0.508 e. The maximum Gasteiger partial charge on any atom is 0.508 e. The van der Waals surface area contributed by atoms with Gasteiger partial charge < -0.3 is 24.1 Å². The Morgan fingerprint density at radius 3 is 2.79 bits per heavy atom. The second-order valence-corrected chi connectivity index (χ2v) is 14.6. The molecule has 0 radical (unpaired) electrons. The molecule has 3 saturated carbocycles. The van der Waals surface area contributed by atoms with E-state index in [1.807, 2.05) is 19.3 Å². The number of allylic oxidation sites excluding steroid dienone is 4. The number of carbonyl (C=O) groups is 3. The van der Waals surface area contributed by atoms with Crippen LogP contribution in [0, 0.1) is 28.6 Å². The molecule has 4 aliphatic carbocycles. The lowest BCUT2D eigenvalue weighted by Crippen LogP contribution is -2.63. The molecule has 0 bridgehead atoms. The first kappa shape index (κ1) is 29.2. The van der Waals surface area contributed by atoms with Gasteiger partial charge in [-0.15, -0.1) is 0 Å². The summed E-state index contributed by atoms with van der Waals surface area (Å²) in [5.41, 5.74) is -1.33. The minimum atomic E-state index is -1.31. The molecule has 0 spiro atoms. The average molecular weight is 581 g/mol. The van der Waals surface area contributed by atoms with Crippen molar-refractivity contribution in [3.05, 3.63) is 23.8 Å². The Hall–Kier alpha value is -1.33. The fraction of sp³-hybridized carbons (Fsp3) is 0.759. The minimum Gasteiger partial charge on any atom is -0.433 e. The molecule has 4 fully saturated rings. The van der Waals surface area contributed by atoms with Crippen molar-refractivity contribution >= 4 is 39.3 Å². The summed E-state index contributed by atoms with van der Waals surface area (Å²) in [4.78, 5) is 38.4. The fourth-order valence-corrected chi connectivity index (χ4v) is 9.54. The summed E-state index contributed by atoms with van der Waals surface area (Å²) in [6.45, 7) is 5.96. The first-order valence-corrected chi connectivity index (χ1v) is 16.8. The second-order valence-electron chi connectivity index (χ2n) is 11.9. The quantitative estimate of drug-likeness (QED) is 0.230. The van der Waals surface area contributed by atoms with Crippen LogP contribution in [0.25, 0.3) is 0 Å². The fourth-order valence-electron chi connectivity index (χ4n) is 8.52. The Labute approximate surface area is 238 Å². The SMILES string of the molecule is CCCC1O[C@@H]2C[C@H]3[C@@H]4CCC5=CC(=O)C=C[C@]5(C)[C@H]4[C@@H](O)C[C@]3(C)[C@]2(C(=O)COC(=O)OCCSSC)O1. The van der Waals surface area contributed by atoms with Crippen molar-refractivity contribution < 1.29 is 38.4 Å². The van der Waals surface area contributed by atoms with E-state index in [1.165, 1.54) is 0 Å². The average Bonchev–Trinajstić information content (AvgIpc) is 3.37. The van der Waals surface area contributed by atoms with Crippen LogP contribution in [0.4, 0.5) is 4.79 Å². The van der Waals surface area contributed by atoms with Gasteiger partial charge >= 0.3 is 6.16 Å². The van der Waals surface area contributed by atoms with Crippen LogP contribution in [-0.2, 0) is 28.5 Å². The Bertz CT molecular complexity index is 1060. The Morgan fingerprint density at radius 1 is 1.26 bits per heavy atom. The standard InChI is InChI=1S/C29H40O8S2/c1-5-6-24-36-23-14-20-19-8-7-17-13-18(30)9-10-27(17,2)25(19)21(31)15-28(20,3)29(23,37-24)22(32)16-35-26(33)34-11-12-39-38-4/h9-10,13,19-21,23-25,31H,5-8,11-12,14-16H2,1-4H3/t19-,20-,21-,23+,24?,25+,27-,28-,29+/m0/s1. The van der Waals surface area contributed by atoms with Crippen molar-refractivity contribution in [1.82, 2.24) is 0 Å². The summed E-state index contributed by atoms with van der Waals surface area (Å²) in [6.07, 6.45) is 8.84. The third kappa shape index (κ3) is 4.72. The van der Waals surface area contributed by atoms with E-state index in [9.17, 15) is 19.5 Å². The van der Waals surface area contributed by atoms with Gasteiger partial charge in [-0.2, -0.15) is 0 Å². The van der Waals surface area contributed by atoms with E-state index in [0.29, 0.717) is 25.0 Å². The highest BCUT2D eigenvalue weighted by molar-refractivity contribution is 8.76. The summed E-state index contributed by atoms with van der Waals surface area (Å²) in [6, 6.07) is 0. The summed E-state index contributed by atoms with van der Waals surface area (Å²) in [5, 5.41) is 11.8. The topological polar surface area (TPSA) is 108 Å². The number of fused-ring (bicyclic) bond motifs is 7. The van der Waals surface area contributed by atoms with Crippen LogP contribution in [0.15, 0.2) is 23.8 Å². The monoisotopic (exact) mass is 580 g/mol. The summed E-state index contributed by atoms with van der Waals surface area (Å²) in [5.74, 6) is 0.436. The predicted molar refractivity (Wildman–Crippen MR) is 149 cm³/mol. The first-order valence-electron chi connectivity index (χ1n) is 14.0. The summed E-state index contributed by atoms with van der Waals surface area (Å²) in [7, 11) is 3.16. The highest BCUT2D eigenvalue weighted by Crippen LogP contribution is 2.69. The van der Waals surface area contributed by atoms with Crippen molar-refractivity contribution in [1.29, 1.82) is 0 Å². The third-order valence-electron chi connectivity index (χ3n) is 10.1. The van der Waals surface area contributed by atoms with Crippen LogP contribution < -0.4 is 0 Å². The van der Waals surface area contributed by atoms with Crippen molar-refractivity contribution in [2.45, 2.75) is 83.4 Å². The van der Waals surface area contributed by atoms with Crippen LogP contribution in [-0.4, -0.2) is 72.1 Å². The van der Waals surface area contributed by atoms with Gasteiger partial charge in [-0.05, 0) is 62.3 Å². The van der Waals surface area contributed by atoms with Gasteiger partial charge in [-0.1, -0.05) is 60.4 Å².